The number of nitrogens with zero attached hydrogens (tertiary/aromatic N) is 2. The third kappa shape index (κ3) is 11.0. The van der Waals surface area contributed by atoms with E-state index >= 15 is 0 Å². The summed E-state index contributed by atoms with van der Waals surface area (Å²) in [6.07, 6.45) is 6.33. The van der Waals surface area contributed by atoms with E-state index in [0.717, 1.165) is 38.0 Å². The molecule has 0 heterocycles. The molecule has 2 rings (SSSR count). The van der Waals surface area contributed by atoms with Crippen LogP contribution in [0, 0.1) is 0 Å². The second-order valence-electron chi connectivity index (χ2n) is 8.09. The minimum absolute atomic E-state index is 0.00245. The number of nitrogens with one attached hydrogen (secondary N) is 1. The van der Waals surface area contributed by atoms with Gasteiger partial charge in [0.15, 0.2) is 5.78 Å². The summed E-state index contributed by atoms with van der Waals surface area (Å²) in [7, 11) is 1.53. The fourth-order valence-corrected chi connectivity index (χ4v) is 3.36. The summed E-state index contributed by atoms with van der Waals surface area (Å²) in [5, 5.41) is 3.14. The van der Waals surface area contributed by atoms with Gasteiger partial charge in [0.25, 0.3) is 5.66 Å². The van der Waals surface area contributed by atoms with Gasteiger partial charge in [-0.05, 0) is 57.0 Å². The molecule has 0 saturated carbocycles. The summed E-state index contributed by atoms with van der Waals surface area (Å²) in [5.41, 5.74) is -0.340. The van der Waals surface area contributed by atoms with Crippen LogP contribution in [0.2, 0.25) is 0 Å². The van der Waals surface area contributed by atoms with Gasteiger partial charge in [0, 0.05) is 35.5 Å². The molecular formula is C28H36F2N3O2P. The van der Waals surface area contributed by atoms with Crippen molar-refractivity contribution < 1.29 is 18.4 Å². The molecule has 2 aromatic rings. The van der Waals surface area contributed by atoms with Gasteiger partial charge < -0.3 is 10.2 Å². The number of halogens is 2. The Morgan fingerprint density at radius 1 is 1.03 bits per heavy atom. The zero-order valence-electron chi connectivity index (χ0n) is 21.4. The molecular weight excluding hydrogens is 479 g/mol. The lowest BCUT2D eigenvalue weighted by atomic mass is 10.1. The Hall–Kier alpha value is -3.18. The Kier molecular flexibility index (Phi) is 13.5. The van der Waals surface area contributed by atoms with E-state index in [4.69, 9.17) is 0 Å². The Morgan fingerprint density at radius 3 is 1.97 bits per heavy atom. The SMILES string of the molecule is C=C/C=C(\N=C(C)Nc1ccc(C(C)=O)cc1)c1ccc(C(F)(F)P)cc1.CCCN(C=O)CCC. The zero-order chi connectivity index (χ0) is 27.1. The van der Waals surface area contributed by atoms with Crippen LogP contribution in [0.15, 0.2) is 72.3 Å². The van der Waals surface area contributed by atoms with Gasteiger partial charge in [0.1, 0.15) is 5.84 Å². The van der Waals surface area contributed by atoms with Crippen molar-refractivity contribution in [3.05, 3.63) is 84.0 Å². The number of rotatable bonds is 11. The molecule has 0 fully saturated rings. The number of benzene rings is 2. The van der Waals surface area contributed by atoms with E-state index in [1.165, 1.54) is 28.3 Å². The quantitative estimate of drug-likeness (QED) is 0.0864. The first-order chi connectivity index (χ1) is 17.0. The number of carbonyl (C=O) groups is 2. The average molecular weight is 516 g/mol. The first-order valence-electron chi connectivity index (χ1n) is 11.8. The zero-order valence-corrected chi connectivity index (χ0v) is 22.6. The van der Waals surface area contributed by atoms with Crippen LogP contribution < -0.4 is 5.32 Å². The van der Waals surface area contributed by atoms with Gasteiger partial charge in [0.2, 0.25) is 6.41 Å². The molecule has 1 N–H and O–H groups in total. The summed E-state index contributed by atoms with van der Waals surface area (Å²) in [5.74, 6) is 0.613. The number of alkyl halides is 2. The second-order valence-corrected chi connectivity index (χ2v) is 8.81. The van der Waals surface area contributed by atoms with E-state index in [-0.39, 0.29) is 11.3 Å². The lowest BCUT2D eigenvalue weighted by Gasteiger charge is -2.13. The van der Waals surface area contributed by atoms with Crippen molar-refractivity contribution in [3.8, 4) is 0 Å². The highest BCUT2D eigenvalue weighted by Gasteiger charge is 2.23. The number of hydrogen-bond donors (Lipinski definition) is 1. The number of amides is 1. The molecule has 1 atom stereocenters. The summed E-state index contributed by atoms with van der Waals surface area (Å²) >= 11 is 0. The second kappa shape index (κ2) is 15.7. The Morgan fingerprint density at radius 2 is 1.56 bits per heavy atom. The molecule has 5 nitrogen and oxygen atoms in total. The Balaban J connectivity index is 0.000000613. The molecule has 36 heavy (non-hydrogen) atoms. The number of allylic oxidation sites excluding steroid dienone is 2. The van der Waals surface area contributed by atoms with E-state index in [2.05, 4.69) is 30.7 Å². The molecule has 0 aliphatic heterocycles. The maximum Gasteiger partial charge on any atom is 0.283 e. The summed E-state index contributed by atoms with van der Waals surface area (Å²) < 4.78 is 26.7. The highest BCUT2D eigenvalue weighted by Crippen LogP contribution is 2.35. The fourth-order valence-electron chi connectivity index (χ4n) is 3.17. The molecule has 8 heteroatoms. The summed E-state index contributed by atoms with van der Waals surface area (Å²) in [4.78, 5) is 27.9. The third-order valence-corrected chi connectivity index (χ3v) is 5.25. The topological polar surface area (TPSA) is 61.8 Å². The van der Waals surface area contributed by atoms with Gasteiger partial charge in [-0.25, -0.2) is 4.99 Å². The van der Waals surface area contributed by atoms with E-state index in [9.17, 15) is 18.4 Å². The molecule has 1 unspecified atom stereocenters. The molecule has 0 aliphatic carbocycles. The molecule has 0 aromatic heterocycles. The molecule has 0 aliphatic rings. The summed E-state index contributed by atoms with van der Waals surface area (Å²) in [6.45, 7) is 12.9. The first-order valence-corrected chi connectivity index (χ1v) is 12.4. The smallest absolute Gasteiger partial charge is 0.283 e. The van der Waals surface area contributed by atoms with Crippen LogP contribution in [0.1, 0.15) is 62.0 Å². The van der Waals surface area contributed by atoms with Crippen LogP contribution in [0.25, 0.3) is 5.70 Å². The number of ketones is 1. The van der Waals surface area contributed by atoms with Crippen LogP contribution >= 0.6 is 9.24 Å². The summed E-state index contributed by atoms with van der Waals surface area (Å²) in [6, 6.07) is 13.0. The molecule has 0 bridgehead atoms. The van der Waals surface area contributed by atoms with Gasteiger partial charge in [-0.3, -0.25) is 9.59 Å². The van der Waals surface area contributed by atoms with Crippen molar-refractivity contribution >= 4 is 38.7 Å². The molecule has 0 spiro atoms. The van der Waals surface area contributed by atoms with Crippen molar-refractivity contribution in [2.75, 3.05) is 18.4 Å². The molecule has 0 saturated heterocycles. The number of Topliss-reactive ketones (excluding diaryl/α,β-unsaturated/α-hetero) is 1. The number of carbonyl (C=O) groups excluding carboxylic acids is 2. The van der Waals surface area contributed by atoms with Crippen LogP contribution in [-0.2, 0) is 10.5 Å². The van der Waals surface area contributed by atoms with Crippen molar-refractivity contribution in [3.63, 3.8) is 0 Å². The van der Waals surface area contributed by atoms with Crippen LogP contribution in [0.4, 0.5) is 14.5 Å². The highest BCUT2D eigenvalue weighted by atomic mass is 31.0. The predicted octanol–water partition coefficient (Wildman–Crippen LogP) is 7.14. The largest absolute Gasteiger partial charge is 0.345 e. The van der Waals surface area contributed by atoms with E-state index in [1.807, 2.05) is 0 Å². The first kappa shape index (κ1) is 30.9. The minimum Gasteiger partial charge on any atom is -0.345 e. The van der Waals surface area contributed by atoms with Gasteiger partial charge in [-0.1, -0.05) is 60.0 Å². The van der Waals surface area contributed by atoms with Crippen molar-refractivity contribution in [1.82, 2.24) is 4.90 Å². The van der Waals surface area contributed by atoms with Crippen LogP contribution in [-0.4, -0.2) is 36.0 Å². The molecule has 194 valence electrons. The molecule has 1 amide bonds. The lowest BCUT2D eigenvalue weighted by molar-refractivity contribution is -0.118. The monoisotopic (exact) mass is 515 g/mol. The van der Waals surface area contributed by atoms with E-state index in [0.29, 0.717) is 22.7 Å². The van der Waals surface area contributed by atoms with Gasteiger partial charge in [-0.2, -0.15) is 8.78 Å². The third-order valence-electron chi connectivity index (χ3n) is 4.92. The van der Waals surface area contributed by atoms with Crippen molar-refractivity contribution in [1.29, 1.82) is 0 Å². The predicted molar refractivity (Wildman–Crippen MR) is 150 cm³/mol. The fraction of sp³-hybridized carbons (Fsp3) is 0.321. The van der Waals surface area contributed by atoms with Crippen LogP contribution in [0.3, 0.4) is 0 Å². The maximum atomic E-state index is 13.3. The molecule has 0 radical (unpaired) electrons. The normalized spacial score (nSPS) is 11.8. The highest BCUT2D eigenvalue weighted by molar-refractivity contribution is 7.17. The average Bonchev–Trinajstić information content (AvgIpc) is 2.84. The van der Waals surface area contributed by atoms with E-state index < -0.39 is 5.66 Å². The maximum absolute atomic E-state index is 13.3. The standard InChI is InChI=1S/C21H21F2N2OP.C7H15NO/c1-4-5-20(17-6-10-18(11-7-17)21(22,23)27)25-15(3)24-19-12-8-16(9-13-19)14(2)26;1-3-5-8(7-9)6-4-2/h4-13H,1,27H2,2-3H3,(H,24,25);7H,3-6H2,1-2H3/b20-5-;. The lowest BCUT2D eigenvalue weighted by Crippen LogP contribution is -2.23. The van der Waals surface area contributed by atoms with E-state index in [1.54, 1.807) is 60.4 Å². The number of hydrogen-bond acceptors (Lipinski definition) is 3. The molecule has 2 aromatic carbocycles. The van der Waals surface area contributed by atoms with Gasteiger partial charge in [0.05, 0.1) is 5.70 Å². The van der Waals surface area contributed by atoms with Crippen LogP contribution in [0.5, 0.6) is 0 Å². The number of aliphatic imine (C=N–C) groups is 1. The van der Waals surface area contributed by atoms with Gasteiger partial charge in [-0.15, -0.1) is 0 Å². The Bertz CT molecular complexity index is 1040. The minimum atomic E-state index is -2.96. The number of amidine groups is 1. The van der Waals surface area contributed by atoms with Gasteiger partial charge >= 0.3 is 0 Å². The van der Waals surface area contributed by atoms with Crippen molar-refractivity contribution in [2.24, 2.45) is 4.99 Å². The van der Waals surface area contributed by atoms with Crippen molar-refractivity contribution in [2.45, 2.75) is 46.2 Å². The Labute approximate surface area is 215 Å². The number of anilines is 1.